The Labute approximate surface area is 230 Å². The Morgan fingerprint density at radius 2 is 0.971 bits per heavy atom. The Morgan fingerprint density at radius 3 is 1.24 bits per heavy atom. The van der Waals surface area contributed by atoms with Gasteiger partial charge in [0.25, 0.3) is 0 Å². The third-order valence-corrected chi connectivity index (χ3v) is 3.46. The zero-order chi connectivity index (χ0) is 26.7. The number of unbranched alkanes of at least 4 members (excludes halogenated alkanes) is 7. The monoisotopic (exact) mass is 667 g/mol. The fraction of sp³-hybridized carbons (Fsp3) is 0.786. The number of aromatic nitrogens is 2. The van der Waals surface area contributed by atoms with Gasteiger partial charge in [0.1, 0.15) is 12.4 Å². The molecular weight excluding hydrogens is 639 g/mol. The molecular formula is C14H27DyN6O12S. The summed E-state index contributed by atoms with van der Waals surface area (Å²) in [7, 11) is 2.07. The molecule has 0 saturated heterocycles. The van der Waals surface area contributed by atoms with E-state index in [1.165, 1.54) is 57.9 Å². The Kier molecular flexibility index (Phi) is 40.4. The van der Waals surface area contributed by atoms with Gasteiger partial charge in [-0.3, -0.25) is 0 Å². The third-order valence-electron chi connectivity index (χ3n) is 3.15. The van der Waals surface area contributed by atoms with Crippen molar-refractivity contribution in [1.82, 2.24) is 4.57 Å². The molecule has 1 aromatic heterocycles. The standard InChI is InChI=1S/C14H26N2S.Dy.4NO3/c1-15-11-12-16(14-15)10-8-6-4-2-3-5-7-9-13-17;;4*2-1(3)4/h11-12,14H,2-10,13H2,1H3;;;;;/q;+3;4*-1/p+1. The van der Waals surface area contributed by atoms with Crippen LogP contribution in [0.1, 0.15) is 51.4 Å². The molecule has 0 aromatic carbocycles. The van der Waals surface area contributed by atoms with Gasteiger partial charge in [-0.15, -0.1) is 0 Å². The van der Waals surface area contributed by atoms with Gasteiger partial charge in [0.2, 0.25) is 6.33 Å². The summed E-state index contributed by atoms with van der Waals surface area (Å²) in [6.45, 7) is 1.17. The van der Waals surface area contributed by atoms with Crippen LogP contribution in [-0.2, 0) is 13.6 Å². The summed E-state index contributed by atoms with van der Waals surface area (Å²) in [4.78, 5) is 33.0. The smallest absolute Gasteiger partial charge is 0.356 e. The van der Waals surface area contributed by atoms with Crippen LogP contribution in [0.4, 0.5) is 0 Å². The number of rotatable bonds is 10. The van der Waals surface area contributed by atoms with Crippen molar-refractivity contribution in [3.05, 3.63) is 80.0 Å². The van der Waals surface area contributed by atoms with Crippen molar-refractivity contribution in [3.8, 4) is 0 Å². The molecule has 0 bridgehead atoms. The van der Waals surface area contributed by atoms with E-state index in [0.29, 0.717) is 0 Å². The molecule has 0 aliphatic heterocycles. The van der Waals surface area contributed by atoms with Gasteiger partial charge < -0.3 is 61.3 Å². The quantitative estimate of drug-likeness (QED) is 0.124. The first-order valence-corrected chi connectivity index (χ1v) is 9.77. The molecule has 1 aromatic rings. The maximum absolute atomic E-state index is 8.25. The number of hydrogen-bond donors (Lipinski definition) is 1. The minimum absolute atomic E-state index is 0. The van der Waals surface area contributed by atoms with Gasteiger partial charge in [-0.05, 0) is 25.0 Å². The number of thiol groups is 1. The summed E-state index contributed by atoms with van der Waals surface area (Å²) in [6, 6.07) is 0. The van der Waals surface area contributed by atoms with Crippen LogP contribution in [0.3, 0.4) is 0 Å². The molecule has 0 spiro atoms. The first kappa shape index (κ1) is 41.8. The Balaban J connectivity index is -0.000000135. The van der Waals surface area contributed by atoms with Gasteiger partial charge in [-0.2, -0.15) is 12.6 Å². The van der Waals surface area contributed by atoms with Crippen LogP contribution in [-0.4, -0.2) is 30.7 Å². The minimum atomic E-state index is -1.75. The summed E-state index contributed by atoms with van der Waals surface area (Å²) in [5.41, 5.74) is 0. The zero-order valence-corrected chi connectivity index (χ0v) is 21.1. The second-order valence-electron chi connectivity index (χ2n) is 5.76. The SMILES string of the molecule is C[n+]1ccn(CCCCCCCCCCS)c1.O=[N+]([O-])[O-].O=[N+]([O-])[O-].O=[N+]([O-])[O-].O=[N+]([O-])[O-].[Dy+3]. The topological polar surface area (TPSA) is 274 Å². The van der Waals surface area contributed by atoms with Crippen LogP contribution in [0.2, 0.25) is 0 Å². The van der Waals surface area contributed by atoms with Crippen molar-refractivity contribution in [2.24, 2.45) is 7.05 Å². The molecule has 1 rings (SSSR count). The van der Waals surface area contributed by atoms with Crippen molar-refractivity contribution in [1.29, 1.82) is 0 Å². The first-order valence-electron chi connectivity index (χ1n) is 9.14. The van der Waals surface area contributed by atoms with Gasteiger partial charge in [-0.1, -0.05) is 32.1 Å². The third kappa shape index (κ3) is 78.1. The molecule has 0 fully saturated rings. The van der Waals surface area contributed by atoms with E-state index in [1.54, 1.807) is 0 Å². The molecule has 0 atom stereocenters. The Hall–Kier alpha value is -2.37. The molecule has 0 N–H and O–H groups in total. The summed E-state index contributed by atoms with van der Waals surface area (Å²) < 4.78 is 4.37. The maximum Gasteiger partial charge on any atom is 3.00 e. The van der Waals surface area contributed by atoms with Gasteiger partial charge in [0, 0.05) is 0 Å². The normalized spacial score (nSPS) is 8.29. The van der Waals surface area contributed by atoms with E-state index in [1.807, 2.05) is 0 Å². The number of imidazole rings is 1. The Morgan fingerprint density at radius 1 is 0.676 bits per heavy atom. The van der Waals surface area contributed by atoms with Gasteiger partial charge in [-0.25, -0.2) is 9.13 Å². The molecule has 18 nitrogen and oxygen atoms in total. The first-order chi connectivity index (χ1) is 15.3. The summed E-state index contributed by atoms with van der Waals surface area (Å²) in [5.74, 6) is 1.05. The van der Waals surface area contributed by atoms with Gasteiger partial charge in [0.05, 0.1) is 33.9 Å². The summed E-state index contributed by atoms with van der Waals surface area (Å²) in [6.07, 6.45) is 17.3. The number of hydrogen-bond acceptors (Lipinski definition) is 13. The van der Waals surface area contributed by atoms with Crippen LogP contribution in [0.15, 0.2) is 18.7 Å². The predicted molar refractivity (Wildman–Crippen MR) is 118 cm³/mol. The van der Waals surface area contributed by atoms with Crippen LogP contribution in [0.25, 0.3) is 0 Å². The van der Waals surface area contributed by atoms with E-state index in [-0.39, 0.29) is 38.2 Å². The Bertz CT molecular complexity index is 576. The molecule has 0 aliphatic carbocycles. The fourth-order valence-corrected chi connectivity index (χ4v) is 2.32. The van der Waals surface area contributed by atoms with Crippen molar-refractivity contribution in [2.45, 2.75) is 57.9 Å². The average Bonchev–Trinajstić information content (AvgIpc) is 3.04. The predicted octanol–water partition coefficient (Wildman–Crippen LogP) is 2.41. The van der Waals surface area contributed by atoms with Crippen molar-refractivity contribution >= 4 is 12.6 Å². The maximum atomic E-state index is 8.25. The van der Waals surface area contributed by atoms with E-state index < -0.39 is 20.3 Å². The number of aryl methyl sites for hydroxylation is 2. The molecule has 34 heavy (non-hydrogen) atoms. The van der Waals surface area contributed by atoms with E-state index >= 15 is 0 Å². The second kappa shape index (κ2) is 32.8. The molecule has 0 saturated carbocycles. The summed E-state index contributed by atoms with van der Waals surface area (Å²) >= 11 is 4.22. The molecule has 1 heterocycles. The molecule has 1 radical (unpaired) electrons. The van der Waals surface area contributed by atoms with Crippen molar-refractivity contribution < 1.29 is 63.1 Å². The molecule has 20 heteroatoms. The van der Waals surface area contributed by atoms with E-state index in [2.05, 4.69) is 47.5 Å². The molecule has 0 aliphatic rings. The van der Waals surface area contributed by atoms with Crippen LogP contribution in [0.5, 0.6) is 0 Å². The van der Waals surface area contributed by atoms with Crippen molar-refractivity contribution in [3.63, 3.8) is 0 Å². The molecule has 201 valence electrons. The van der Waals surface area contributed by atoms with Crippen molar-refractivity contribution in [2.75, 3.05) is 5.75 Å². The second-order valence-corrected chi connectivity index (χ2v) is 6.21. The van der Waals surface area contributed by atoms with E-state index in [9.17, 15) is 0 Å². The number of nitrogens with zero attached hydrogens (tertiary/aromatic N) is 6. The van der Waals surface area contributed by atoms with Gasteiger partial charge in [0.15, 0.2) is 0 Å². The van der Waals surface area contributed by atoms with Crippen LogP contribution < -0.4 is 4.57 Å². The summed E-state index contributed by atoms with van der Waals surface area (Å²) in [5, 5.41) is 59.0. The zero-order valence-electron chi connectivity index (χ0n) is 18.1. The largest absolute Gasteiger partial charge is 3.00 e. The molecule has 0 amide bonds. The fourth-order valence-electron chi connectivity index (χ4n) is 2.10. The van der Waals surface area contributed by atoms with Crippen LogP contribution >= 0.6 is 12.6 Å². The average molecular weight is 666 g/mol. The van der Waals surface area contributed by atoms with Gasteiger partial charge >= 0.3 is 38.2 Å². The molecule has 0 unspecified atom stereocenters. The van der Waals surface area contributed by atoms with E-state index in [4.69, 9.17) is 61.3 Å². The van der Waals surface area contributed by atoms with Crippen LogP contribution in [0, 0.1) is 99.5 Å². The minimum Gasteiger partial charge on any atom is -0.356 e. The van der Waals surface area contributed by atoms with E-state index in [0.717, 1.165) is 5.75 Å².